The van der Waals surface area contributed by atoms with Gasteiger partial charge in [0.2, 0.25) is 0 Å². The van der Waals surface area contributed by atoms with Crippen molar-refractivity contribution in [2.45, 2.75) is 31.9 Å². The number of nitrogens with one attached hydrogen (secondary N) is 1. The summed E-state index contributed by atoms with van der Waals surface area (Å²) in [5, 5.41) is 9.25. The number of ether oxygens (including phenoxy) is 1. The normalized spacial score (nSPS) is 14.7. The van der Waals surface area contributed by atoms with E-state index < -0.39 is 0 Å². The zero-order valence-electron chi connectivity index (χ0n) is 12.2. The van der Waals surface area contributed by atoms with Crippen LogP contribution in [-0.4, -0.2) is 36.1 Å². The average molecular weight is 261 g/mol. The van der Waals surface area contributed by atoms with E-state index in [1.807, 2.05) is 18.8 Å². The van der Waals surface area contributed by atoms with E-state index in [9.17, 15) is 0 Å². The highest BCUT2D eigenvalue weighted by Crippen LogP contribution is 2.19. The molecule has 2 atom stereocenters. The van der Waals surface area contributed by atoms with Crippen LogP contribution in [0.15, 0.2) is 24.3 Å². The summed E-state index contributed by atoms with van der Waals surface area (Å²) in [5.41, 5.74) is 2.34. The summed E-state index contributed by atoms with van der Waals surface area (Å²) in [6.45, 7) is 2.10. The molecular formula is C15H23N3O. The first-order chi connectivity index (χ1) is 9.15. The molecule has 0 saturated heterocycles. The molecule has 1 aromatic heterocycles. The van der Waals surface area contributed by atoms with Crippen molar-refractivity contribution in [3.63, 3.8) is 0 Å². The summed E-state index contributed by atoms with van der Waals surface area (Å²) in [5.74, 6) is 0. The maximum absolute atomic E-state index is 5.35. The van der Waals surface area contributed by atoms with Crippen molar-refractivity contribution < 1.29 is 4.74 Å². The molecule has 2 rings (SSSR count). The molecule has 0 amide bonds. The number of aromatic nitrogens is 2. The van der Waals surface area contributed by atoms with Gasteiger partial charge in [-0.05, 0) is 26.5 Å². The molecule has 0 radical (unpaired) electrons. The minimum absolute atomic E-state index is 0.257. The predicted octanol–water partition coefficient (Wildman–Crippen LogP) is 2.13. The summed E-state index contributed by atoms with van der Waals surface area (Å²) >= 11 is 0. The Morgan fingerprint density at radius 1 is 1.37 bits per heavy atom. The second kappa shape index (κ2) is 6.17. The fraction of sp³-hybridized carbons (Fsp3) is 0.533. The van der Waals surface area contributed by atoms with Crippen LogP contribution in [0.5, 0.6) is 0 Å². The molecule has 19 heavy (non-hydrogen) atoms. The SMILES string of the molecule is CNC(Cc1nn(C)c2ccccc12)CC(C)OC. The van der Waals surface area contributed by atoms with Gasteiger partial charge in [0.1, 0.15) is 0 Å². The van der Waals surface area contributed by atoms with Gasteiger partial charge in [-0.3, -0.25) is 4.68 Å². The molecule has 1 heterocycles. The number of para-hydroxylation sites is 1. The van der Waals surface area contributed by atoms with Gasteiger partial charge in [-0.1, -0.05) is 18.2 Å². The topological polar surface area (TPSA) is 39.1 Å². The van der Waals surface area contributed by atoms with Crippen molar-refractivity contribution in [1.82, 2.24) is 15.1 Å². The Kier molecular flexibility index (Phi) is 4.56. The van der Waals surface area contributed by atoms with Gasteiger partial charge in [-0.25, -0.2) is 0 Å². The standard InChI is InChI=1S/C15H23N3O/c1-11(19-4)9-12(16-2)10-14-13-7-5-6-8-15(13)18(3)17-14/h5-8,11-12,16H,9-10H2,1-4H3. The van der Waals surface area contributed by atoms with E-state index in [0.29, 0.717) is 6.04 Å². The Morgan fingerprint density at radius 3 is 2.79 bits per heavy atom. The number of nitrogens with zero attached hydrogens (tertiary/aromatic N) is 2. The van der Waals surface area contributed by atoms with E-state index >= 15 is 0 Å². The molecule has 0 aliphatic rings. The lowest BCUT2D eigenvalue weighted by Gasteiger charge is -2.19. The van der Waals surface area contributed by atoms with Crippen LogP contribution in [0.1, 0.15) is 19.0 Å². The summed E-state index contributed by atoms with van der Waals surface area (Å²) in [6, 6.07) is 8.76. The third kappa shape index (κ3) is 3.14. The Morgan fingerprint density at radius 2 is 2.11 bits per heavy atom. The lowest BCUT2D eigenvalue weighted by Crippen LogP contribution is -2.31. The molecular weight excluding hydrogens is 238 g/mol. The minimum atomic E-state index is 0.257. The maximum atomic E-state index is 5.35. The van der Waals surface area contributed by atoms with Crippen LogP contribution in [0.25, 0.3) is 10.9 Å². The highest BCUT2D eigenvalue weighted by atomic mass is 16.5. The number of hydrogen-bond donors (Lipinski definition) is 1. The lowest BCUT2D eigenvalue weighted by atomic mass is 10.0. The molecule has 2 unspecified atom stereocenters. The average Bonchev–Trinajstić information content (AvgIpc) is 2.75. The largest absolute Gasteiger partial charge is 0.382 e. The van der Waals surface area contributed by atoms with Crippen LogP contribution in [0, 0.1) is 0 Å². The van der Waals surface area contributed by atoms with E-state index in [1.54, 1.807) is 7.11 Å². The summed E-state index contributed by atoms with van der Waals surface area (Å²) < 4.78 is 7.30. The Bertz CT molecular complexity index is 535. The van der Waals surface area contributed by atoms with Gasteiger partial charge in [0.05, 0.1) is 17.3 Å². The van der Waals surface area contributed by atoms with Gasteiger partial charge in [0.25, 0.3) is 0 Å². The highest BCUT2D eigenvalue weighted by molar-refractivity contribution is 5.81. The molecule has 0 aliphatic heterocycles. The van der Waals surface area contributed by atoms with E-state index in [0.717, 1.165) is 18.5 Å². The van der Waals surface area contributed by atoms with Crippen molar-refractivity contribution in [1.29, 1.82) is 0 Å². The van der Waals surface area contributed by atoms with Crippen LogP contribution in [0.3, 0.4) is 0 Å². The number of hydrogen-bond acceptors (Lipinski definition) is 3. The third-order valence-electron chi connectivity index (χ3n) is 3.70. The maximum Gasteiger partial charge on any atom is 0.0718 e. The molecule has 4 nitrogen and oxygen atoms in total. The van der Waals surface area contributed by atoms with Crippen LogP contribution in [0.2, 0.25) is 0 Å². The summed E-state index contributed by atoms with van der Waals surface area (Å²) in [7, 11) is 5.75. The number of fused-ring (bicyclic) bond motifs is 1. The zero-order valence-corrected chi connectivity index (χ0v) is 12.2. The van der Waals surface area contributed by atoms with Crippen LogP contribution < -0.4 is 5.32 Å². The van der Waals surface area contributed by atoms with Gasteiger partial charge in [-0.15, -0.1) is 0 Å². The van der Waals surface area contributed by atoms with Crippen LogP contribution in [0.4, 0.5) is 0 Å². The van der Waals surface area contributed by atoms with Crippen LogP contribution in [-0.2, 0) is 18.2 Å². The van der Waals surface area contributed by atoms with Gasteiger partial charge in [0, 0.05) is 32.0 Å². The molecule has 0 bridgehead atoms. The predicted molar refractivity (Wildman–Crippen MR) is 78.4 cm³/mol. The fourth-order valence-corrected chi connectivity index (χ4v) is 2.47. The number of likely N-dealkylation sites (N-methyl/N-ethyl adjacent to an activating group) is 1. The van der Waals surface area contributed by atoms with Gasteiger partial charge in [-0.2, -0.15) is 5.10 Å². The molecule has 0 aliphatic carbocycles. The van der Waals surface area contributed by atoms with Crippen molar-refractivity contribution in [2.24, 2.45) is 7.05 Å². The zero-order chi connectivity index (χ0) is 13.8. The Labute approximate surface area is 114 Å². The molecule has 1 N–H and O–H groups in total. The number of methoxy groups -OCH3 is 1. The third-order valence-corrected chi connectivity index (χ3v) is 3.70. The second-order valence-electron chi connectivity index (χ2n) is 5.06. The van der Waals surface area contributed by atoms with Gasteiger partial charge in [0.15, 0.2) is 0 Å². The monoisotopic (exact) mass is 261 g/mol. The van der Waals surface area contributed by atoms with E-state index in [1.165, 1.54) is 10.9 Å². The molecule has 0 spiro atoms. The second-order valence-corrected chi connectivity index (χ2v) is 5.06. The van der Waals surface area contributed by atoms with E-state index in [4.69, 9.17) is 4.74 Å². The summed E-state index contributed by atoms with van der Waals surface area (Å²) in [4.78, 5) is 0. The Balaban J connectivity index is 2.20. The summed E-state index contributed by atoms with van der Waals surface area (Å²) in [6.07, 6.45) is 2.16. The van der Waals surface area contributed by atoms with Gasteiger partial charge >= 0.3 is 0 Å². The Hall–Kier alpha value is -1.39. The lowest BCUT2D eigenvalue weighted by molar-refractivity contribution is 0.101. The van der Waals surface area contributed by atoms with Crippen LogP contribution >= 0.6 is 0 Å². The van der Waals surface area contributed by atoms with E-state index in [-0.39, 0.29) is 6.10 Å². The molecule has 4 heteroatoms. The first kappa shape index (κ1) is 14.0. The van der Waals surface area contributed by atoms with Gasteiger partial charge < -0.3 is 10.1 Å². The number of rotatable bonds is 6. The van der Waals surface area contributed by atoms with Crippen molar-refractivity contribution in [2.75, 3.05) is 14.2 Å². The highest BCUT2D eigenvalue weighted by Gasteiger charge is 2.16. The number of benzene rings is 1. The molecule has 2 aromatic rings. The molecule has 1 aromatic carbocycles. The smallest absolute Gasteiger partial charge is 0.0718 e. The first-order valence-corrected chi connectivity index (χ1v) is 6.76. The fourth-order valence-electron chi connectivity index (χ4n) is 2.47. The van der Waals surface area contributed by atoms with E-state index in [2.05, 4.69) is 41.6 Å². The molecule has 104 valence electrons. The molecule has 0 saturated carbocycles. The molecule has 0 fully saturated rings. The van der Waals surface area contributed by atoms with Crippen molar-refractivity contribution >= 4 is 10.9 Å². The van der Waals surface area contributed by atoms with Crippen molar-refractivity contribution in [3.05, 3.63) is 30.0 Å². The number of aryl methyl sites for hydroxylation is 1. The van der Waals surface area contributed by atoms with Crippen molar-refractivity contribution in [3.8, 4) is 0 Å². The minimum Gasteiger partial charge on any atom is -0.382 e. The first-order valence-electron chi connectivity index (χ1n) is 6.76. The quantitative estimate of drug-likeness (QED) is 0.866.